The minimum atomic E-state index is -0.107. The van der Waals surface area contributed by atoms with Gasteiger partial charge < -0.3 is 15.1 Å². The first-order valence-corrected chi connectivity index (χ1v) is 14.4. The van der Waals surface area contributed by atoms with Crippen LogP contribution in [0.3, 0.4) is 0 Å². The van der Waals surface area contributed by atoms with E-state index in [9.17, 15) is 9.59 Å². The second-order valence-corrected chi connectivity index (χ2v) is 10.8. The number of thioether (sulfide) groups is 1. The second-order valence-electron chi connectivity index (χ2n) is 9.69. The normalized spacial score (nSPS) is 13.7. The van der Waals surface area contributed by atoms with Gasteiger partial charge in [0.15, 0.2) is 0 Å². The van der Waals surface area contributed by atoms with Crippen molar-refractivity contribution in [2.45, 2.75) is 25.3 Å². The van der Waals surface area contributed by atoms with E-state index in [1.165, 1.54) is 11.8 Å². The SMILES string of the molecule is CCN(CCNC(=O)c1ccc(C=C2Sc3ccccc3N(Cc3ccccc3C)C2=O)cc1)c1ccccc1. The van der Waals surface area contributed by atoms with Crippen LogP contribution >= 0.6 is 11.8 Å². The standard InChI is InChI=1S/C34H33N3O2S/c1-3-36(29-13-5-4-6-14-29)22-21-35-33(38)27-19-17-26(18-20-27)23-32-34(39)37(24-28-12-8-7-11-25(28)2)30-15-9-10-16-31(30)40-32/h4-20,23H,3,21-22,24H2,1-2H3,(H,35,38). The first kappa shape index (κ1) is 27.3. The van der Waals surface area contributed by atoms with Gasteiger partial charge >= 0.3 is 0 Å². The Morgan fingerprint density at radius 2 is 1.60 bits per heavy atom. The molecule has 0 aromatic heterocycles. The molecule has 0 spiro atoms. The van der Waals surface area contributed by atoms with Gasteiger partial charge in [-0.2, -0.15) is 0 Å². The lowest BCUT2D eigenvalue weighted by molar-refractivity contribution is -0.114. The molecule has 0 radical (unpaired) electrons. The van der Waals surface area contributed by atoms with Crippen LogP contribution < -0.4 is 15.1 Å². The highest BCUT2D eigenvalue weighted by molar-refractivity contribution is 8.04. The van der Waals surface area contributed by atoms with Gasteiger partial charge in [0.25, 0.3) is 11.8 Å². The molecule has 0 unspecified atom stereocenters. The van der Waals surface area contributed by atoms with E-state index in [-0.39, 0.29) is 11.8 Å². The van der Waals surface area contributed by atoms with Crippen LogP contribution in [0.2, 0.25) is 0 Å². The highest BCUT2D eigenvalue weighted by Crippen LogP contribution is 2.42. The van der Waals surface area contributed by atoms with Crippen LogP contribution in [0.1, 0.15) is 34.0 Å². The van der Waals surface area contributed by atoms with Crippen LogP contribution in [0, 0.1) is 6.92 Å². The van der Waals surface area contributed by atoms with Gasteiger partial charge in [-0.05, 0) is 73.0 Å². The molecule has 0 saturated carbocycles. The Balaban J connectivity index is 1.27. The number of anilines is 2. The minimum Gasteiger partial charge on any atom is -0.370 e. The molecule has 0 fully saturated rings. The monoisotopic (exact) mass is 547 g/mol. The van der Waals surface area contributed by atoms with Crippen LogP contribution in [0.5, 0.6) is 0 Å². The van der Waals surface area contributed by atoms with Crippen LogP contribution in [-0.2, 0) is 11.3 Å². The Morgan fingerprint density at radius 3 is 2.35 bits per heavy atom. The number of para-hydroxylation sites is 2. The van der Waals surface area contributed by atoms with Gasteiger partial charge in [0, 0.05) is 35.8 Å². The van der Waals surface area contributed by atoms with Crippen molar-refractivity contribution in [2.24, 2.45) is 0 Å². The fraction of sp³-hybridized carbons (Fsp3) is 0.176. The zero-order valence-electron chi connectivity index (χ0n) is 22.8. The van der Waals surface area contributed by atoms with E-state index in [1.807, 2.05) is 83.8 Å². The largest absolute Gasteiger partial charge is 0.370 e. The summed E-state index contributed by atoms with van der Waals surface area (Å²) in [6, 6.07) is 33.8. The van der Waals surface area contributed by atoms with Crippen molar-refractivity contribution >= 4 is 41.0 Å². The van der Waals surface area contributed by atoms with Crippen LogP contribution in [0.25, 0.3) is 6.08 Å². The topological polar surface area (TPSA) is 52.7 Å². The molecule has 4 aromatic carbocycles. The van der Waals surface area contributed by atoms with E-state index < -0.39 is 0 Å². The summed E-state index contributed by atoms with van der Waals surface area (Å²) in [5.74, 6) is -0.127. The van der Waals surface area contributed by atoms with Crippen molar-refractivity contribution < 1.29 is 9.59 Å². The number of likely N-dealkylation sites (N-methyl/N-ethyl adjacent to an activating group) is 1. The van der Waals surface area contributed by atoms with Crippen LogP contribution in [-0.4, -0.2) is 31.4 Å². The molecule has 5 nitrogen and oxygen atoms in total. The molecule has 0 saturated heterocycles. The fourth-order valence-electron chi connectivity index (χ4n) is 4.77. The molecule has 40 heavy (non-hydrogen) atoms. The number of benzene rings is 4. The molecule has 4 aromatic rings. The van der Waals surface area contributed by atoms with E-state index >= 15 is 0 Å². The quantitative estimate of drug-likeness (QED) is 0.231. The summed E-state index contributed by atoms with van der Waals surface area (Å²) in [4.78, 5) is 32.2. The average Bonchev–Trinajstić information content (AvgIpc) is 2.99. The van der Waals surface area contributed by atoms with E-state index in [1.54, 1.807) is 0 Å². The Morgan fingerprint density at radius 1 is 0.900 bits per heavy atom. The third-order valence-corrected chi connectivity index (χ3v) is 8.14. The molecule has 2 amide bonds. The van der Waals surface area contributed by atoms with Crippen molar-refractivity contribution in [3.63, 3.8) is 0 Å². The number of hydrogen-bond acceptors (Lipinski definition) is 4. The summed E-state index contributed by atoms with van der Waals surface area (Å²) in [6.45, 7) is 6.84. The zero-order chi connectivity index (χ0) is 27.9. The van der Waals surface area contributed by atoms with Gasteiger partial charge in [-0.1, -0.05) is 78.5 Å². The predicted octanol–water partition coefficient (Wildman–Crippen LogP) is 6.93. The molecule has 6 heteroatoms. The van der Waals surface area contributed by atoms with Crippen LogP contribution in [0.15, 0.2) is 113 Å². The summed E-state index contributed by atoms with van der Waals surface area (Å²) < 4.78 is 0. The lowest BCUT2D eigenvalue weighted by atomic mass is 10.1. The molecule has 202 valence electrons. The smallest absolute Gasteiger partial charge is 0.265 e. The van der Waals surface area contributed by atoms with Gasteiger partial charge in [0.05, 0.1) is 17.1 Å². The summed E-state index contributed by atoms with van der Waals surface area (Å²) in [7, 11) is 0. The van der Waals surface area contributed by atoms with E-state index in [4.69, 9.17) is 0 Å². The third kappa shape index (κ3) is 6.29. The summed E-state index contributed by atoms with van der Waals surface area (Å²) in [6.07, 6.45) is 1.91. The van der Waals surface area contributed by atoms with Crippen molar-refractivity contribution in [1.82, 2.24) is 5.32 Å². The lowest BCUT2D eigenvalue weighted by Gasteiger charge is -2.31. The van der Waals surface area contributed by atoms with E-state index in [2.05, 4.69) is 54.4 Å². The first-order chi connectivity index (χ1) is 19.5. The van der Waals surface area contributed by atoms with Crippen molar-refractivity contribution in [2.75, 3.05) is 29.4 Å². The average molecular weight is 548 g/mol. The van der Waals surface area contributed by atoms with Crippen molar-refractivity contribution in [3.05, 3.63) is 130 Å². The van der Waals surface area contributed by atoms with Gasteiger partial charge in [0.1, 0.15) is 0 Å². The molecule has 1 aliphatic heterocycles. The Labute approximate surface area is 240 Å². The number of rotatable bonds is 9. The molecule has 5 rings (SSSR count). The molecule has 0 aliphatic carbocycles. The van der Waals surface area contributed by atoms with E-state index in [0.717, 1.165) is 46.1 Å². The van der Waals surface area contributed by atoms with Gasteiger partial charge in [-0.15, -0.1) is 0 Å². The first-order valence-electron chi connectivity index (χ1n) is 13.6. The molecular weight excluding hydrogens is 514 g/mol. The number of amides is 2. The summed E-state index contributed by atoms with van der Waals surface area (Å²) in [5, 5.41) is 3.02. The Bertz CT molecular complexity index is 1520. The molecular formula is C34H33N3O2S. The maximum atomic E-state index is 13.7. The highest BCUT2D eigenvalue weighted by Gasteiger charge is 2.29. The molecule has 1 N–H and O–H groups in total. The number of carbonyl (C=O) groups excluding carboxylic acids is 2. The second kappa shape index (κ2) is 12.7. The molecule has 0 bridgehead atoms. The maximum Gasteiger partial charge on any atom is 0.265 e. The number of nitrogens with zero attached hydrogens (tertiary/aromatic N) is 2. The minimum absolute atomic E-state index is 0.0207. The summed E-state index contributed by atoms with van der Waals surface area (Å²) >= 11 is 1.49. The fourth-order valence-corrected chi connectivity index (χ4v) is 5.83. The Kier molecular flexibility index (Phi) is 8.67. The molecule has 1 heterocycles. The number of fused-ring (bicyclic) bond motifs is 1. The Hall–Kier alpha value is -4.29. The number of aryl methyl sites for hydroxylation is 1. The summed E-state index contributed by atoms with van der Waals surface area (Å²) in [5.41, 5.74) is 5.83. The van der Waals surface area contributed by atoms with Gasteiger partial charge in [0.2, 0.25) is 0 Å². The maximum absolute atomic E-state index is 13.7. The lowest BCUT2D eigenvalue weighted by Crippen LogP contribution is -2.34. The predicted molar refractivity (Wildman–Crippen MR) is 166 cm³/mol. The number of nitrogens with one attached hydrogen (secondary N) is 1. The van der Waals surface area contributed by atoms with Gasteiger partial charge in [-0.3, -0.25) is 9.59 Å². The number of hydrogen-bond donors (Lipinski definition) is 1. The van der Waals surface area contributed by atoms with E-state index in [0.29, 0.717) is 23.6 Å². The highest BCUT2D eigenvalue weighted by atomic mass is 32.2. The van der Waals surface area contributed by atoms with Crippen molar-refractivity contribution in [1.29, 1.82) is 0 Å². The zero-order valence-corrected chi connectivity index (χ0v) is 23.7. The third-order valence-electron chi connectivity index (χ3n) is 7.06. The van der Waals surface area contributed by atoms with Gasteiger partial charge in [-0.25, -0.2) is 0 Å². The molecule has 0 atom stereocenters. The number of carbonyl (C=O) groups is 2. The molecule has 1 aliphatic rings. The van der Waals surface area contributed by atoms with Crippen LogP contribution in [0.4, 0.5) is 11.4 Å². The van der Waals surface area contributed by atoms with Crippen molar-refractivity contribution in [3.8, 4) is 0 Å².